The Labute approximate surface area is 160 Å². The van der Waals surface area contributed by atoms with Crippen LogP contribution in [0.25, 0.3) is 0 Å². The number of ether oxygens (including phenoxy) is 1. The maximum absolute atomic E-state index is 13.3. The molecular formula is C22H30O5. The van der Waals surface area contributed by atoms with Crippen LogP contribution in [0.15, 0.2) is 23.8 Å². The lowest BCUT2D eigenvalue weighted by Crippen LogP contribution is -2.52. The fourth-order valence-electron chi connectivity index (χ4n) is 5.59. The van der Waals surface area contributed by atoms with Crippen LogP contribution in [0.1, 0.15) is 59.8 Å². The minimum absolute atomic E-state index is 0.107. The van der Waals surface area contributed by atoms with Crippen LogP contribution in [0.3, 0.4) is 0 Å². The Kier molecular flexibility index (Phi) is 4.96. The van der Waals surface area contributed by atoms with E-state index in [1.807, 2.05) is 6.92 Å². The summed E-state index contributed by atoms with van der Waals surface area (Å²) in [5, 5.41) is 10.7. The van der Waals surface area contributed by atoms with Gasteiger partial charge in [-0.2, -0.15) is 0 Å². The van der Waals surface area contributed by atoms with Crippen LogP contribution >= 0.6 is 0 Å². The minimum atomic E-state index is -1.12. The third kappa shape index (κ3) is 3.31. The molecule has 5 nitrogen and oxygen atoms in total. The standard InChI is InChI=1S/C22H30O5/c1-12-14-9-15(19(12)25)17(27-13(2)23)11-18-21(3,4)7-6-8-22(18,5)20(26)16(24)10-14/h9,14,16-18,24H,1,6-8,10-11H2,2-5H3/t14?,16-,17+,18+,22+/m0/s1. The van der Waals surface area contributed by atoms with E-state index in [1.54, 1.807) is 6.08 Å². The topological polar surface area (TPSA) is 80.7 Å². The van der Waals surface area contributed by atoms with Gasteiger partial charge in [0.1, 0.15) is 12.2 Å². The summed E-state index contributed by atoms with van der Waals surface area (Å²) in [4.78, 5) is 37.8. The van der Waals surface area contributed by atoms with Crippen LogP contribution in [0, 0.1) is 22.7 Å². The van der Waals surface area contributed by atoms with Crippen molar-refractivity contribution in [2.24, 2.45) is 22.7 Å². The number of aliphatic hydroxyl groups is 1. The lowest BCUT2D eigenvalue weighted by molar-refractivity contribution is -0.153. The second-order valence-electron chi connectivity index (χ2n) is 9.34. The zero-order valence-corrected chi connectivity index (χ0v) is 16.7. The van der Waals surface area contributed by atoms with E-state index in [4.69, 9.17) is 4.74 Å². The third-order valence-electron chi connectivity index (χ3n) is 7.06. The third-order valence-corrected chi connectivity index (χ3v) is 7.06. The molecule has 0 aliphatic heterocycles. The summed E-state index contributed by atoms with van der Waals surface area (Å²) < 4.78 is 5.58. The van der Waals surface area contributed by atoms with Gasteiger partial charge in [-0.1, -0.05) is 39.8 Å². The van der Waals surface area contributed by atoms with E-state index in [0.717, 1.165) is 12.8 Å². The molecule has 0 spiro atoms. The Bertz CT molecular complexity index is 731. The summed E-state index contributed by atoms with van der Waals surface area (Å²) in [5.41, 5.74) is -0.0614. The second kappa shape index (κ2) is 6.69. The number of ketones is 2. The number of Topliss-reactive ketones (excluding diaryl/α,β-unsaturated/α-hetero) is 2. The Morgan fingerprint density at radius 3 is 2.52 bits per heavy atom. The molecule has 0 heterocycles. The summed E-state index contributed by atoms with van der Waals surface area (Å²) in [6, 6.07) is 0. The van der Waals surface area contributed by atoms with Crippen LogP contribution in [0.4, 0.5) is 0 Å². The molecule has 0 aromatic carbocycles. The number of rotatable bonds is 1. The molecule has 1 saturated carbocycles. The SMILES string of the molecule is C=C1C(=O)C2=CC1C[C@H](O)C(=O)[C@]1(C)CCCC(C)(C)[C@H]1C[C@H]2OC(C)=O. The first kappa shape index (κ1) is 20.0. The van der Waals surface area contributed by atoms with Gasteiger partial charge in [0.05, 0.1) is 0 Å². The van der Waals surface area contributed by atoms with Gasteiger partial charge < -0.3 is 9.84 Å². The number of allylic oxidation sites excluding steroid dienone is 2. The van der Waals surface area contributed by atoms with Gasteiger partial charge in [-0.25, -0.2) is 0 Å². The molecule has 5 heteroatoms. The zero-order valence-electron chi connectivity index (χ0n) is 16.7. The van der Waals surface area contributed by atoms with Gasteiger partial charge in [-0.15, -0.1) is 0 Å². The van der Waals surface area contributed by atoms with Crippen LogP contribution in [-0.4, -0.2) is 34.9 Å². The van der Waals surface area contributed by atoms with Gasteiger partial charge in [-0.3, -0.25) is 14.4 Å². The molecule has 1 fully saturated rings. The molecular weight excluding hydrogens is 344 g/mol. The van der Waals surface area contributed by atoms with E-state index in [0.29, 0.717) is 24.0 Å². The molecule has 0 amide bonds. The van der Waals surface area contributed by atoms with Gasteiger partial charge in [0, 0.05) is 23.8 Å². The monoisotopic (exact) mass is 374 g/mol. The Morgan fingerprint density at radius 2 is 1.89 bits per heavy atom. The number of hydrogen-bond acceptors (Lipinski definition) is 5. The predicted molar refractivity (Wildman–Crippen MR) is 101 cm³/mol. The van der Waals surface area contributed by atoms with E-state index in [-0.39, 0.29) is 35.2 Å². The molecule has 0 aromatic heterocycles. The molecule has 3 aliphatic carbocycles. The molecule has 27 heavy (non-hydrogen) atoms. The van der Waals surface area contributed by atoms with Crippen molar-refractivity contribution in [3.05, 3.63) is 23.8 Å². The predicted octanol–water partition coefficient (Wildman–Crippen LogP) is 3.16. The fraction of sp³-hybridized carbons (Fsp3) is 0.682. The molecule has 1 N–H and O–H groups in total. The minimum Gasteiger partial charge on any atom is -0.458 e. The number of aliphatic hydroxyl groups excluding tert-OH is 1. The summed E-state index contributed by atoms with van der Waals surface area (Å²) >= 11 is 0. The summed E-state index contributed by atoms with van der Waals surface area (Å²) in [7, 11) is 0. The number of hydrogen-bond donors (Lipinski definition) is 1. The molecule has 0 saturated heterocycles. The van der Waals surface area contributed by atoms with Crippen LogP contribution in [-0.2, 0) is 19.1 Å². The Balaban J connectivity index is 2.12. The van der Waals surface area contributed by atoms with Crippen molar-refractivity contribution >= 4 is 17.5 Å². The Hall–Kier alpha value is -1.75. The van der Waals surface area contributed by atoms with Crippen LogP contribution < -0.4 is 0 Å². The average Bonchev–Trinajstić information content (AvgIpc) is 2.83. The molecule has 3 aliphatic rings. The van der Waals surface area contributed by atoms with Crippen molar-refractivity contribution in [2.75, 3.05) is 0 Å². The number of fused-ring (bicyclic) bond motifs is 2. The first-order valence-corrected chi connectivity index (χ1v) is 9.82. The highest BCUT2D eigenvalue weighted by atomic mass is 16.5. The highest BCUT2D eigenvalue weighted by Gasteiger charge is 2.54. The van der Waals surface area contributed by atoms with E-state index in [9.17, 15) is 19.5 Å². The first-order chi connectivity index (χ1) is 12.5. The molecule has 148 valence electrons. The van der Waals surface area contributed by atoms with Crippen molar-refractivity contribution in [3.63, 3.8) is 0 Å². The molecule has 0 radical (unpaired) electrons. The highest BCUT2D eigenvalue weighted by molar-refractivity contribution is 6.12. The zero-order chi connectivity index (χ0) is 20.1. The van der Waals surface area contributed by atoms with Crippen molar-refractivity contribution in [3.8, 4) is 0 Å². The smallest absolute Gasteiger partial charge is 0.303 e. The van der Waals surface area contributed by atoms with E-state index < -0.39 is 23.6 Å². The van der Waals surface area contributed by atoms with Crippen molar-refractivity contribution in [2.45, 2.75) is 72.0 Å². The summed E-state index contributed by atoms with van der Waals surface area (Å²) in [6.45, 7) is 11.4. The van der Waals surface area contributed by atoms with E-state index in [2.05, 4.69) is 20.4 Å². The highest BCUT2D eigenvalue weighted by Crippen LogP contribution is 2.55. The largest absolute Gasteiger partial charge is 0.458 e. The number of esters is 1. The number of carbonyl (C=O) groups is 3. The van der Waals surface area contributed by atoms with Gasteiger partial charge in [0.25, 0.3) is 0 Å². The molecule has 2 bridgehead atoms. The van der Waals surface area contributed by atoms with Gasteiger partial charge in [0.2, 0.25) is 0 Å². The van der Waals surface area contributed by atoms with Crippen LogP contribution in [0.2, 0.25) is 0 Å². The molecule has 0 aromatic rings. The van der Waals surface area contributed by atoms with Crippen molar-refractivity contribution in [1.82, 2.24) is 0 Å². The van der Waals surface area contributed by atoms with Gasteiger partial charge in [0.15, 0.2) is 11.6 Å². The van der Waals surface area contributed by atoms with E-state index in [1.165, 1.54) is 6.92 Å². The summed E-state index contributed by atoms with van der Waals surface area (Å²) in [5.74, 6) is -1.32. The quantitative estimate of drug-likeness (QED) is 0.563. The Morgan fingerprint density at radius 1 is 1.22 bits per heavy atom. The van der Waals surface area contributed by atoms with Crippen molar-refractivity contribution in [1.29, 1.82) is 0 Å². The lowest BCUT2D eigenvalue weighted by Gasteiger charge is -2.51. The van der Waals surface area contributed by atoms with E-state index >= 15 is 0 Å². The first-order valence-electron chi connectivity index (χ1n) is 9.82. The second-order valence-corrected chi connectivity index (χ2v) is 9.34. The average molecular weight is 374 g/mol. The molecule has 3 rings (SSSR count). The lowest BCUT2D eigenvalue weighted by atomic mass is 9.52. The molecule has 5 atom stereocenters. The van der Waals surface area contributed by atoms with Crippen molar-refractivity contribution < 1.29 is 24.2 Å². The van der Waals surface area contributed by atoms with Gasteiger partial charge in [-0.05, 0) is 42.6 Å². The maximum Gasteiger partial charge on any atom is 0.303 e. The fourth-order valence-corrected chi connectivity index (χ4v) is 5.59. The van der Waals surface area contributed by atoms with Crippen LogP contribution in [0.5, 0.6) is 0 Å². The maximum atomic E-state index is 13.3. The summed E-state index contributed by atoms with van der Waals surface area (Å²) in [6.07, 6.45) is 3.06. The normalized spacial score (nSPS) is 38.9. The van der Waals surface area contributed by atoms with Gasteiger partial charge >= 0.3 is 5.97 Å². The number of carbonyl (C=O) groups excluding carboxylic acids is 3. The molecule has 1 unspecified atom stereocenters.